The standard InChI is InChI=1S/C23H24FN5O/c1-16-4-7-21(24)22-20(16)13-17(27-23(22)30)3-2-8-28-9-11-29(12-10-28)19-6-5-18(14-25)26-15-19/h4-7,13,15H,2-3,8-12H2,1H3,(H,27,30). The summed E-state index contributed by atoms with van der Waals surface area (Å²) in [5, 5.41) is 9.70. The molecule has 0 saturated carbocycles. The number of aromatic nitrogens is 2. The summed E-state index contributed by atoms with van der Waals surface area (Å²) in [6, 6.07) is 10.7. The number of nitrogens with zero attached hydrogens (tertiary/aromatic N) is 4. The van der Waals surface area contributed by atoms with E-state index in [1.807, 2.05) is 25.1 Å². The molecule has 0 amide bonds. The predicted octanol–water partition coefficient (Wildman–Crippen LogP) is 3.00. The van der Waals surface area contributed by atoms with Crippen LogP contribution in [-0.2, 0) is 6.42 Å². The maximum atomic E-state index is 14.0. The number of rotatable bonds is 5. The molecule has 0 spiro atoms. The van der Waals surface area contributed by atoms with Crippen molar-refractivity contribution < 1.29 is 4.39 Å². The number of nitriles is 1. The van der Waals surface area contributed by atoms with E-state index in [0.717, 1.165) is 62.5 Å². The van der Waals surface area contributed by atoms with Crippen molar-refractivity contribution in [3.05, 3.63) is 69.7 Å². The molecule has 1 saturated heterocycles. The molecule has 6 nitrogen and oxygen atoms in total. The number of nitrogens with one attached hydrogen (secondary N) is 1. The van der Waals surface area contributed by atoms with E-state index in [4.69, 9.17) is 5.26 Å². The first-order valence-corrected chi connectivity index (χ1v) is 10.2. The molecular weight excluding hydrogens is 381 g/mol. The van der Waals surface area contributed by atoms with Gasteiger partial charge in [0.1, 0.15) is 17.6 Å². The Bertz CT molecular complexity index is 1140. The Balaban J connectivity index is 1.32. The summed E-state index contributed by atoms with van der Waals surface area (Å²) < 4.78 is 14.0. The van der Waals surface area contributed by atoms with Crippen molar-refractivity contribution in [3.8, 4) is 6.07 Å². The monoisotopic (exact) mass is 405 g/mol. The third kappa shape index (κ3) is 4.19. The average Bonchev–Trinajstić information content (AvgIpc) is 2.77. The molecule has 1 fully saturated rings. The first kappa shape index (κ1) is 20.0. The van der Waals surface area contributed by atoms with Crippen LogP contribution in [0.2, 0.25) is 0 Å². The Kier molecular flexibility index (Phi) is 5.77. The van der Waals surface area contributed by atoms with Crippen molar-refractivity contribution >= 4 is 16.5 Å². The van der Waals surface area contributed by atoms with Crippen molar-refractivity contribution in [3.63, 3.8) is 0 Å². The minimum absolute atomic E-state index is 0.146. The van der Waals surface area contributed by atoms with Crippen molar-refractivity contribution in [1.29, 1.82) is 5.26 Å². The Morgan fingerprint density at radius 2 is 2.00 bits per heavy atom. The minimum Gasteiger partial charge on any atom is -0.368 e. The first-order chi connectivity index (χ1) is 14.5. The molecule has 154 valence electrons. The molecule has 3 heterocycles. The van der Waals surface area contributed by atoms with Gasteiger partial charge >= 0.3 is 0 Å². The fourth-order valence-electron chi connectivity index (χ4n) is 4.03. The van der Waals surface area contributed by atoms with Gasteiger partial charge in [0.2, 0.25) is 0 Å². The van der Waals surface area contributed by atoms with Gasteiger partial charge in [-0.15, -0.1) is 0 Å². The van der Waals surface area contributed by atoms with Gasteiger partial charge in [-0.1, -0.05) is 6.07 Å². The van der Waals surface area contributed by atoms with Crippen molar-refractivity contribution in [2.45, 2.75) is 19.8 Å². The molecule has 0 atom stereocenters. The van der Waals surface area contributed by atoms with Crippen LogP contribution in [0.15, 0.2) is 41.3 Å². The van der Waals surface area contributed by atoms with Gasteiger partial charge in [0.05, 0.1) is 17.3 Å². The number of piperazine rings is 1. The maximum Gasteiger partial charge on any atom is 0.259 e. The zero-order chi connectivity index (χ0) is 21.1. The second kappa shape index (κ2) is 8.64. The van der Waals surface area contributed by atoms with Gasteiger partial charge in [-0.25, -0.2) is 9.37 Å². The molecule has 1 aliphatic heterocycles. The number of pyridine rings is 2. The van der Waals surface area contributed by atoms with E-state index >= 15 is 0 Å². The van der Waals surface area contributed by atoms with Crippen LogP contribution < -0.4 is 10.5 Å². The largest absolute Gasteiger partial charge is 0.368 e. The second-order valence-electron chi connectivity index (χ2n) is 7.72. The van der Waals surface area contributed by atoms with Crippen molar-refractivity contribution in [2.24, 2.45) is 0 Å². The van der Waals surface area contributed by atoms with Gasteiger partial charge < -0.3 is 9.88 Å². The molecule has 1 aliphatic rings. The summed E-state index contributed by atoms with van der Waals surface area (Å²) in [6.07, 6.45) is 3.43. The quantitative estimate of drug-likeness (QED) is 0.706. The molecule has 30 heavy (non-hydrogen) atoms. The number of hydrogen-bond acceptors (Lipinski definition) is 5. The summed E-state index contributed by atoms with van der Waals surface area (Å²) in [5.74, 6) is -0.473. The Labute approximate surface area is 174 Å². The number of aromatic amines is 1. The minimum atomic E-state index is -0.473. The first-order valence-electron chi connectivity index (χ1n) is 10.2. The van der Waals surface area contributed by atoms with E-state index in [-0.39, 0.29) is 10.9 Å². The molecule has 3 aromatic rings. The zero-order valence-electron chi connectivity index (χ0n) is 17.0. The lowest BCUT2D eigenvalue weighted by Crippen LogP contribution is -2.46. The van der Waals surface area contributed by atoms with E-state index < -0.39 is 5.82 Å². The van der Waals surface area contributed by atoms with Crippen LogP contribution in [0.3, 0.4) is 0 Å². The van der Waals surface area contributed by atoms with E-state index in [2.05, 4.69) is 19.8 Å². The third-order valence-corrected chi connectivity index (χ3v) is 5.75. The normalized spacial score (nSPS) is 14.8. The molecule has 4 rings (SSSR count). The van der Waals surface area contributed by atoms with Gasteiger partial charge in [0.25, 0.3) is 5.56 Å². The van der Waals surface area contributed by atoms with Crippen LogP contribution in [0.1, 0.15) is 23.4 Å². The number of hydrogen-bond donors (Lipinski definition) is 1. The van der Waals surface area contributed by atoms with E-state index in [1.54, 1.807) is 18.3 Å². The summed E-state index contributed by atoms with van der Waals surface area (Å²) in [6.45, 7) is 6.59. The van der Waals surface area contributed by atoms with Crippen LogP contribution in [-0.4, -0.2) is 47.6 Å². The zero-order valence-corrected chi connectivity index (χ0v) is 17.0. The lowest BCUT2D eigenvalue weighted by atomic mass is 10.0. The average molecular weight is 405 g/mol. The molecule has 7 heteroatoms. The fourth-order valence-corrected chi connectivity index (χ4v) is 4.03. The molecule has 0 unspecified atom stereocenters. The van der Waals surface area contributed by atoms with Crippen molar-refractivity contribution in [1.82, 2.24) is 14.9 Å². The lowest BCUT2D eigenvalue weighted by Gasteiger charge is -2.35. The lowest BCUT2D eigenvalue weighted by molar-refractivity contribution is 0.255. The fraction of sp³-hybridized carbons (Fsp3) is 0.348. The van der Waals surface area contributed by atoms with Gasteiger partial charge in [0, 0.05) is 31.9 Å². The molecule has 1 N–H and O–H groups in total. The number of halogens is 1. The number of H-pyrrole nitrogens is 1. The van der Waals surface area contributed by atoms with E-state index in [1.165, 1.54) is 6.07 Å². The number of fused-ring (bicyclic) bond motifs is 1. The molecule has 0 aliphatic carbocycles. The number of benzene rings is 1. The molecular formula is C23H24FN5O. The van der Waals surface area contributed by atoms with Gasteiger partial charge in [0.15, 0.2) is 0 Å². The summed E-state index contributed by atoms with van der Waals surface area (Å²) >= 11 is 0. The number of anilines is 1. The van der Waals surface area contributed by atoms with Gasteiger partial charge in [-0.05, 0) is 61.5 Å². The van der Waals surface area contributed by atoms with Crippen LogP contribution in [0.25, 0.3) is 10.8 Å². The highest BCUT2D eigenvalue weighted by atomic mass is 19.1. The summed E-state index contributed by atoms with van der Waals surface area (Å²) in [4.78, 5) is 24.0. The second-order valence-corrected chi connectivity index (χ2v) is 7.72. The van der Waals surface area contributed by atoms with E-state index in [0.29, 0.717) is 11.1 Å². The maximum absolute atomic E-state index is 14.0. The van der Waals surface area contributed by atoms with Crippen molar-refractivity contribution in [2.75, 3.05) is 37.6 Å². The number of aryl methyl sites for hydroxylation is 2. The van der Waals surface area contributed by atoms with Gasteiger partial charge in [-0.2, -0.15) is 5.26 Å². The molecule has 2 aromatic heterocycles. The topological polar surface area (TPSA) is 76.0 Å². The Morgan fingerprint density at radius 1 is 1.20 bits per heavy atom. The SMILES string of the molecule is Cc1ccc(F)c2c(=O)[nH]c(CCCN3CCN(c4ccc(C#N)nc4)CC3)cc12. The van der Waals surface area contributed by atoms with Gasteiger partial charge in [-0.3, -0.25) is 9.69 Å². The smallest absolute Gasteiger partial charge is 0.259 e. The highest BCUT2D eigenvalue weighted by Gasteiger charge is 2.17. The van der Waals surface area contributed by atoms with Crippen LogP contribution in [0, 0.1) is 24.1 Å². The third-order valence-electron chi connectivity index (χ3n) is 5.75. The molecule has 0 bridgehead atoms. The predicted molar refractivity (Wildman–Crippen MR) is 115 cm³/mol. The van der Waals surface area contributed by atoms with Crippen LogP contribution in [0.5, 0.6) is 0 Å². The Morgan fingerprint density at radius 3 is 2.70 bits per heavy atom. The summed E-state index contributed by atoms with van der Waals surface area (Å²) in [5.41, 5.74) is 2.89. The molecule has 0 radical (unpaired) electrons. The van der Waals surface area contributed by atoms with E-state index in [9.17, 15) is 9.18 Å². The van der Waals surface area contributed by atoms with Crippen LogP contribution in [0.4, 0.5) is 10.1 Å². The summed E-state index contributed by atoms with van der Waals surface area (Å²) in [7, 11) is 0. The highest BCUT2D eigenvalue weighted by molar-refractivity contribution is 5.85. The van der Waals surface area contributed by atoms with Crippen LogP contribution >= 0.6 is 0 Å². The Hall–Kier alpha value is -3.24. The molecule has 1 aromatic carbocycles. The highest BCUT2D eigenvalue weighted by Crippen LogP contribution is 2.20.